The first-order chi connectivity index (χ1) is 13.0. The minimum absolute atomic E-state index is 0.0561. The van der Waals surface area contributed by atoms with Gasteiger partial charge in [-0.15, -0.1) is 0 Å². The zero-order chi connectivity index (χ0) is 20.6. The lowest BCUT2D eigenvalue weighted by atomic mass is 9.38. The Morgan fingerprint density at radius 2 is 1.93 bits per heavy atom. The molecular weight excluding hydrogens is 356 g/mol. The van der Waals surface area contributed by atoms with Crippen molar-refractivity contribution in [2.45, 2.75) is 72.0 Å². The number of rotatable bonds is 2. The van der Waals surface area contributed by atoms with E-state index in [4.69, 9.17) is 4.74 Å². The van der Waals surface area contributed by atoms with E-state index in [1.807, 2.05) is 6.92 Å². The molecule has 2 bridgehead atoms. The monoisotopic (exact) mass is 390 g/mol. The van der Waals surface area contributed by atoms with Crippen LogP contribution in [-0.4, -0.2) is 40.8 Å². The van der Waals surface area contributed by atoms with Crippen molar-refractivity contribution in [1.82, 2.24) is 0 Å². The highest BCUT2D eigenvalue weighted by molar-refractivity contribution is 6.04. The normalized spacial score (nSPS) is 49.4. The number of Topliss-reactive ketones (excluding diaryl/α,β-unsaturated/α-hetero) is 1. The van der Waals surface area contributed by atoms with E-state index in [-0.39, 0.29) is 41.5 Å². The van der Waals surface area contributed by atoms with Crippen molar-refractivity contribution >= 4 is 11.8 Å². The molecule has 156 valence electrons. The summed E-state index contributed by atoms with van der Waals surface area (Å²) >= 11 is 0. The average Bonchev–Trinajstić information content (AvgIpc) is 2.72. The second kappa shape index (κ2) is 6.15. The fourth-order valence-electron chi connectivity index (χ4n) is 8.14. The maximum atomic E-state index is 13.5. The van der Waals surface area contributed by atoms with E-state index in [1.165, 1.54) is 6.92 Å². The number of allylic oxidation sites excluding steroid dienone is 1. The smallest absolute Gasteiger partial charge is 0.302 e. The first-order valence-electron chi connectivity index (χ1n) is 10.7. The van der Waals surface area contributed by atoms with Crippen molar-refractivity contribution in [3.63, 3.8) is 0 Å². The Morgan fingerprint density at radius 3 is 2.57 bits per heavy atom. The Hall–Kier alpha value is -1.20. The van der Waals surface area contributed by atoms with Gasteiger partial charge in [0.05, 0.1) is 24.2 Å². The van der Waals surface area contributed by atoms with Gasteiger partial charge in [-0.2, -0.15) is 0 Å². The number of ether oxygens (including phenoxy) is 1. The SMILES string of the molecule is C=C1C(=O)[C@@]23[C@H](O)C[C@@H]4C(C)(C)CCC[C@@]4(COC(C)=O)[C@@H]2[C@@H](O)C[C@@H]1[C@H]3C. The standard InChI is InChI=1S/C23H34O5/c1-12-15-9-16(25)19-22(11-28-14(3)24)8-6-7-21(4,5)17(22)10-18(26)23(19,13(15)2)20(12)27/h13,15-19,25-26H,1,6-11H2,2-5H3/t13-,15+,16+,17-,18-,19+,22+,23+/m1/s1. The topological polar surface area (TPSA) is 83.8 Å². The van der Waals surface area contributed by atoms with Crippen LogP contribution in [-0.2, 0) is 14.3 Å². The van der Waals surface area contributed by atoms with Gasteiger partial charge in [-0.3, -0.25) is 9.59 Å². The van der Waals surface area contributed by atoms with E-state index >= 15 is 0 Å². The summed E-state index contributed by atoms with van der Waals surface area (Å²) in [4.78, 5) is 25.3. The van der Waals surface area contributed by atoms with E-state index in [0.717, 1.165) is 19.3 Å². The molecule has 1 spiro atoms. The average molecular weight is 391 g/mol. The molecule has 5 heteroatoms. The highest BCUT2D eigenvalue weighted by Gasteiger charge is 2.75. The van der Waals surface area contributed by atoms with Gasteiger partial charge in [0.2, 0.25) is 0 Å². The molecule has 0 aromatic carbocycles. The summed E-state index contributed by atoms with van der Waals surface area (Å²) in [5.41, 5.74) is -1.00. The molecule has 0 amide bonds. The predicted molar refractivity (Wildman–Crippen MR) is 104 cm³/mol. The van der Waals surface area contributed by atoms with Gasteiger partial charge in [-0.1, -0.05) is 33.8 Å². The molecule has 0 aromatic heterocycles. The fourth-order valence-corrected chi connectivity index (χ4v) is 8.14. The van der Waals surface area contributed by atoms with Crippen molar-refractivity contribution < 1.29 is 24.5 Å². The number of carbonyl (C=O) groups excluding carboxylic acids is 2. The van der Waals surface area contributed by atoms with Gasteiger partial charge in [-0.25, -0.2) is 0 Å². The van der Waals surface area contributed by atoms with Gasteiger partial charge in [0.25, 0.3) is 0 Å². The molecule has 4 aliphatic rings. The van der Waals surface area contributed by atoms with Crippen LogP contribution in [0.1, 0.15) is 59.8 Å². The summed E-state index contributed by atoms with van der Waals surface area (Å²) in [6, 6.07) is 0. The molecule has 0 aromatic rings. The first kappa shape index (κ1) is 20.1. The Balaban J connectivity index is 1.92. The van der Waals surface area contributed by atoms with E-state index < -0.39 is 29.0 Å². The molecule has 0 radical (unpaired) electrons. The van der Waals surface area contributed by atoms with Crippen molar-refractivity contribution in [3.8, 4) is 0 Å². The Kier molecular flexibility index (Phi) is 4.41. The number of esters is 1. The second-order valence-electron chi connectivity index (χ2n) is 10.6. The summed E-state index contributed by atoms with van der Waals surface area (Å²) in [5, 5.41) is 22.8. The zero-order valence-electron chi connectivity index (χ0n) is 17.5. The third kappa shape index (κ3) is 2.26. The number of carbonyl (C=O) groups is 2. The molecular formula is C23H34O5. The van der Waals surface area contributed by atoms with E-state index in [0.29, 0.717) is 18.4 Å². The predicted octanol–water partition coefficient (Wildman–Crippen LogP) is 2.89. The highest BCUT2D eigenvalue weighted by Crippen LogP contribution is 2.72. The zero-order valence-corrected chi connectivity index (χ0v) is 17.5. The van der Waals surface area contributed by atoms with Gasteiger partial charge in [0.1, 0.15) is 0 Å². The lowest BCUT2D eigenvalue weighted by Gasteiger charge is -2.67. The van der Waals surface area contributed by atoms with Crippen LogP contribution in [0.25, 0.3) is 0 Å². The minimum Gasteiger partial charge on any atom is -0.465 e. The molecule has 0 aliphatic heterocycles. The van der Waals surface area contributed by atoms with Crippen LogP contribution in [0.2, 0.25) is 0 Å². The Labute approximate surface area is 167 Å². The minimum atomic E-state index is -1.01. The van der Waals surface area contributed by atoms with Gasteiger partial charge in [0.15, 0.2) is 5.78 Å². The van der Waals surface area contributed by atoms with Crippen LogP contribution in [0.15, 0.2) is 12.2 Å². The number of aliphatic hydroxyl groups excluding tert-OH is 2. The Bertz CT molecular complexity index is 727. The number of fused-ring (bicyclic) bond motifs is 3. The van der Waals surface area contributed by atoms with Crippen LogP contribution < -0.4 is 0 Å². The summed E-state index contributed by atoms with van der Waals surface area (Å²) in [6.45, 7) is 12.1. The van der Waals surface area contributed by atoms with Gasteiger partial charge >= 0.3 is 5.97 Å². The van der Waals surface area contributed by atoms with Crippen LogP contribution >= 0.6 is 0 Å². The van der Waals surface area contributed by atoms with Crippen molar-refractivity contribution in [2.75, 3.05) is 6.61 Å². The quantitative estimate of drug-likeness (QED) is 0.559. The third-order valence-electron chi connectivity index (χ3n) is 9.16. The molecule has 0 unspecified atom stereocenters. The lowest BCUT2D eigenvalue weighted by Crippen LogP contribution is -2.70. The number of hydrogen-bond donors (Lipinski definition) is 2. The summed E-state index contributed by atoms with van der Waals surface area (Å²) in [7, 11) is 0. The number of ketones is 1. The summed E-state index contributed by atoms with van der Waals surface area (Å²) in [5.74, 6) is -0.869. The van der Waals surface area contributed by atoms with E-state index in [9.17, 15) is 19.8 Å². The largest absolute Gasteiger partial charge is 0.465 e. The van der Waals surface area contributed by atoms with E-state index in [2.05, 4.69) is 20.4 Å². The van der Waals surface area contributed by atoms with Gasteiger partial charge in [-0.05, 0) is 54.4 Å². The molecule has 2 N–H and O–H groups in total. The molecule has 8 atom stereocenters. The van der Waals surface area contributed by atoms with Crippen LogP contribution in [0, 0.1) is 39.9 Å². The van der Waals surface area contributed by atoms with Gasteiger partial charge < -0.3 is 14.9 Å². The molecule has 5 nitrogen and oxygen atoms in total. The molecule has 4 saturated carbocycles. The van der Waals surface area contributed by atoms with Gasteiger partial charge in [0, 0.05) is 18.3 Å². The first-order valence-corrected chi connectivity index (χ1v) is 10.7. The summed E-state index contributed by atoms with van der Waals surface area (Å²) < 4.78 is 5.60. The maximum Gasteiger partial charge on any atom is 0.302 e. The number of aliphatic hydroxyl groups is 2. The van der Waals surface area contributed by atoms with Crippen molar-refractivity contribution in [1.29, 1.82) is 0 Å². The van der Waals surface area contributed by atoms with Crippen LogP contribution in [0.5, 0.6) is 0 Å². The lowest BCUT2D eigenvalue weighted by molar-refractivity contribution is -0.253. The fraction of sp³-hybridized carbons (Fsp3) is 0.826. The van der Waals surface area contributed by atoms with Crippen molar-refractivity contribution in [3.05, 3.63) is 12.2 Å². The third-order valence-corrected chi connectivity index (χ3v) is 9.16. The van der Waals surface area contributed by atoms with E-state index in [1.54, 1.807) is 0 Å². The molecule has 0 saturated heterocycles. The maximum absolute atomic E-state index is 13.5. The molecule has 0 heterocycles. The molecule has 4 aliphatic carbocycles. The number of hydrogen-bond acceptors (Lipinski definition) is 5. The molecule has 28 heavy (non-hydrogen) atoms. The molecule has 4 rings (SSSR count). The van der Waals surface area contributed by atoms with Crippen LogP contribution in [0.3, 0.4) is 0 Å². The Morgan fingerprint density at radius 1 is 1.25 bits per heavy atom. The highest BCUT2D eigenvalue weighted by atomic mass is 16.5. The van der Waals surface area contributed by atoms with Crippen molar-refractivity contribution in [2.24, 2.45) is 39.9 Å². The molecule has 4 fully saturated rings. The van der Waals surface area contributed by atoms with Crippen LogP contribution in [0.4, 0.5) is 0 Å². The summed E-state index contributed by atoms with van der Waals surface area (Å²) in [6.07, 6.45) is 2.30. The second-order valence-corrected chi connectivity index (χ2v) is 10.6.